The monoisotopic (exact) mass is 251 g/mol. The van der Waals surface area contributed by atoms with Crippen molar-refractivity contribution in [1.82, 2.24) is 0 Å². The smallest absolute Gasteiger partial charge is 0.150 e. The number of benzene rings is 1. The van der Waals surface area contributed by atoms with E-state index in [0.717, 1.165) is 31.6 Å². The molecule has 1 saturated heterocycles. The number of nitrogens with zero attached hydrogens (tertiary/aromatic N) is 1. The second-order valence-corrected chi connectivity index (χ2v) is 4.53. The minimum absolute atomic E-state index is 0.201. The number of hydrogen-bond acceptors (Lipinski definition) is 3. The largest absolute Gasteiger partial charge is 0.377 e. The van der Waals surface area contributed by atoms with Crippen LogP contribution in [-0.4, -0.2) is 32.1 Å². The Kier molecular flexibility index (Phi) is 4.31. The summed E-state index contributed by atoms with van der Waals surface area (Å²) in [7, 11) is 0. The molecule has 0 radical (unpaired) electrons. The number of piperidine rings is 1. The third-order valence-corrected chi connectivity index (χ3v) is 3.19. The summed E-state index contributed by atoms with van der Waals surface area (Å²) in [6, 6.07) is 4.45. The van der Waals surface area contributed by atoms with Crippen LogP contribution < -0.4 is 4.90 Å². The van der Waals surface area contributed by atoms with Crippen LogP contribution in [0.3, 0.4) is 0 Å². The van der Waals surface area contributed by atoms with Crippen LogP contribution >= 0.6 is 0 Å². The number of anilines is 1. The summed E-state index contributed by atoms with van der Waals surface area (Å²) >= 11 is 0. The van der Waals surface area contributed by atoms with Crippen molar-refractivity contribution in [2.45, 2.75) is 25.9 Å². The second-order valence-electron chi connectivity index (χ2n) is 4.53. The fourth-order valence-electron chi connectivity index (χ4n) is 2.39. The maximum absolute atomic E-state index is 13.4. The van der Waals surface area contributed by atoms with Crippen molar-refractivity contribution in [2.24, 2.45) is 0 Å². The Labute approximate surface area is 107 Å². The van der Waals surface area contributed by atoms with E-state index in [4.69, 9.17) is 4.74 Å². The first-order chi connectivity index (χ1) is 8.72. The summed E-state index contributed by atoms with van der Waals surface area (Å²) in [5.41, 5.74) is 1.14. The zero-order valence-electron chi connectivity index (χ0n) is 10.6. The van der Waals surface area contributed by atoms with E-state index >= 15 is 0 Å². The summed E-state index contributed by atoms with van der Waals surface area (Å²) in [6.07, 6.45) is 2.95. The molecule has 98 valence electrons. The topological polar surface area (TPSA) is 29.5 Å². The Bertz CT molecular complexity index is 420. The molecule has 1 unspecified atom stereocenters. The van der Waals surface area contributed by atoms with Crippen molar-refractivity contribution in [3.05, 3.63) is 29.6 Å². The predicted octanol–water partition coefficient (Wildman–Crippen LogP) is 2.64. The Balaban J connectivity index is 2.14. The first-order valence-corrected chi connectivity index (χ1v) is 6.35. The van der Waals surface area contributed by atoms with E-state index < -0.39 is 0 Å². The zero-order valence-corrected chi connectivity index (χ0v) is 10.6. The molecule has 0 aliphatic carbocycles. The first kappa shape index (κ1) is 13.0. The van der Waals surface area contributed by atoms with E-state index in [0.29, 0.717) is 18.5 Å². The predicted molar refractivity (Wildman–Crippen MR) is 68.6 cm³/mol. The minimum atomic E-state index is -0.367. The molecular formula is C14H18FNO2. The Morgan fingerprint density at radius 2 is 2.33 bits per heavy atom. The molecule has 1 heterocycles. The van der Waals surface area contributed by atoms with Gasteiger partial charge in [-0.1, -0.05) is 0 Å². The number of rotatable bonds is 4. The molecule has 0 bridgehead atoms. The molecule has 1 fully saturated rings. The Hall–Kier alpha value is -1.42. The van der Waals surface area contributed by atoms with Gasteiger partial charge in [-0.3, -0.25) is 4.79 Å². The fourth-order valence-corrected chi connectivity index (χ4v) is 2.39. The molecule has 0 amide bonds. The molecule has 0 N–H and O–H groups in total. The standard InChI is InChI=1S/C14H18FNO2/c1-2-18-14-4-3-5-16(9-14)13-7-11(10-17)6-12(15)8-13/h6-8,10,14H,2-5,9H2,1H3. The maximum Gasteiger partial charge on any atom is 0.150 e. The van der Waals surface area contributed by atoms with Crippen molar-refractivity contribution in [2.75, 3.05) is 24.6 Å². The maximum atomic E-state index is 13.4. The quantitative estimate of drug-likeness (QED) is 0.770. The molecule has 1 aromatic carbocycles. The van der Waals surface area contributed by atoms with Gasteiger partial charge >= 0.3 is 0 Å². The number of carbonyl (C=O) groups excluding carboxylic acids is 1. The highest BCUT2D eigenvalue weighted by Gasteiger charge is 2.20. The van der Waals surface area contributed by atoms with Gasteiger partial charge in [0.25, 0.3) is 0 Å². The number of aldehydes is 1. The summed E-state index contributed by atoms with van der Waals surface area (Å²) in [4.78, 5) is 12.8. The van der Waals surface area contributed by atoms with Crippen LogP contribution in [0.15, 0.2) is 18.2 Å². The minimum Gasteiger partial charge on any atom is -0.377 e. The van der Waals surface area contributed by atoms with Gasteiger partial charge in [-0.2, -0.15) is 0 Å². The van der Waals surface area contributed by atoms with Crippen molar-refractivity contribution in [3.63, 3.8) is 0 Å². The third-order valence-electron chi connectivity index (χ3n) is 3.19. The van der Waals surface area contributed by atoms with Crippen LogP contribution in [0.1, 0.15) is 30.1 Å². The van der Waals surface area contributed by atoms with Gasteiger partial charge in [-0.25, -0.2) is 4.39 Å². The molecule has 1 aliphatic heterocycles. The van der Waals surface area contributed by atoms with Gasteiger partial charge in [0.15, 0.2) is 0 Å². The van der Waals surface area contributed by atoms with Crippen LogP contribution in [0.25, 0.3) is 0 Å². The molecule has 0 spiro atoms. The third kappa shape index (κ3) is 3.07. The van der Waals surface area contributed by atoms with E-state index in [1.807, 2.05) is 6.92 Å². The van der Waals surface area contributed by atoms with Crippen molar-refractivity contribution in [1.29, 1.82) is 0 Å². The van der Waals surface area contributed by atoms with Crippen molar-refractivity contribution >= 4 is 12.0 Å². The molecule has 0 aromatic heterocycles. The highest BCUT2D eigenvalue weighted by molar-refractivity contribution is 5.77. The lowest BCUT2D eigenvalue weighted by molar-refractivity contribution is 0.0526. The number of halogens is 1. The molecule has 1 atom stereocenters. The van der Waals surface area contributed by atoms with E-state index in [1.54, 1.807) is 6.07 Å². The van der Waals surface area contributed by atoms with E-state index in [2.05, 4.69) is 4.90 Å². The molecular weight excluding hydrogens is 233 g/mol. The molecule has 1 aliphatic rings. The van der Waals surface area contributed by atoms with E-state index in [1.165, 1.54) is 12.1 Å². The zero-order chi connectivity index (χ0) is 13.0. The van der Waals surface area contributed by atoms with Gasteiger partial charge < -0.3 is 9.64 Å². The fraction of sp³-hybridized carbons (Fsp3) is 0.500. The van der Waals surface area contributed by atoms with Crippen LogP contribution in [-0.2, 0) is 4.74 Å². The molecule has 3 nitrogen and oxygen atoms in total. The van der Waals surface area contributed by atoms with E-state index in [9.17, 15) is 9.18 Å². The Morgan fingerprint density at radius 3 is 3.06 bits per heavy atom. The molecule has 18 heavy (non-hydrogen) atoms. The average molecular weight is 251 g/mol. The van der Waals surface area contributed by atoms with Gasteiger partial charge in [-0.05, 0) is 38.0 Å². The summed E-state index contributed by atoms with van der Waals surface area (Å²) in [5, 5.41) is 0. The van der Waals surface area contributed by atoms with E-state index in [-0.39, 0.29) is 11.9 Å². The normalized spacial score (nSPS) is 19.9. The average Bonchev–Trinajstić information content (AvgIpc) is 2.39. The highest BCUT2D eigenvalue weighted by atomic mass is 19.1. The number of carbonyl (C=O) groups is 1. The van der Waals surface area contributed by atoms with Crippen LogP contribution in [0, 0.1) is 5.82 Å². The van der Waals surface area contributed by atoms with Crippen LogP contribution in [0.2, 0.25) is 0 Å². The van der Waals surface area contributed by atoms with Gasteiger partial charge in [0.2, 0.25) is 0 Å². The van der Waals surface area contributed by atoms with Crippen molar-refractivity contribution < 1.29 is 13.9 Å². The first-order valence-electron chi connectivity index (χ1n) is 6.35. The van der Waals surface area contributed by atoms with Crippen LogP contribution in [0.5, 0.6) is 0 Å². The SMILES string of the molecule is CCOC1CCCN(c2cc(F)cc(C=O)c2)C1. The highest BCUT2D eigenvalue weighted by Crippen LogP contribution is 2.23. The number of ether oxygens (including phenoxy) is 1. The summed E-state index contributed by atoms with van der Waals surface area (Å²) in [6.45, 7) is 4.31. The second kappa shape index (κ2) is 5.96. The molecule has 2 rings (SSSR count). The lowest BCUT2D eigenvalue weighted by Crippen LogP contribution is -2.39. The number of hydrogen-bond donors (Lipinski definition) is 0. The lowest BCUT2D eigenvalue weighted by Gasteiger charge is -2.34. The Morgan fingerprint density at radius 1 is 1.50 bits per heavy atom. The lowest BCUT2D eigenvalue weighted by atomic mass is 10.1. The summed E-state index contributed by atoms with van der Waals surface area (Å²) in [5.74, 6) is -0.367. The molecule has 4 heteroatoms. The van der Waals surface area contributed by atoms with Gasteiger partial charge in [0.1, 0.15) is 12.1 Å². The van der Waals surface area contributed by atoms with Gasteiger partial charge in [-0.15, -0.1) is 0 Å². The van der Waals surface area contributed by atoms with Gasteiger partial charge in [0, 0.05) is 30.9 Å². The molecule has 1 aromatic rings. The van der Waals surface area contributed by atoms with Crippen molar-refractivity contribution in [3.8, 4) is 0 Å². The summed E-state index contributed by atoms with van der Waals surface area (Å²) < 4.78 is 19.0. The van der Waals surface area contributed by atoms with Crippen LogP contribution in [0.4, 0.5) is 10.1 Å². The van der Waals surface area contributed by atoms with Gasteiger partial charge in [0.05, 0.1) is 6.10 Å². The molecule has 0 saturated carbocycles.